The minimum atomic E-state index is 0. The summed E-state index contributed by atoms with van der Waals surface area (Å²) in [7, 11) is 2.08. The zero-order valence-corrected chi connectivity index (χ0v) is 18.0. The molecule has 6 heteroatoms. The van der Waals surface area contributed by atoms with E-state index in [9.17, 15) is 0 Å². The van der Waals surface area contributed by atoms with E-state index in [1.54, 1.807) is 0 Å². The van der Waals surface area contributed by atoms with Crippen LogP contribution in [-0.4, -0.2) is 40.8 Å². The van der Waals surface area contributed by atoms with Gasteiger partial charge >= 0.3 is 0 Å². The summed E-state index contributed by atoms with van der Waals surface area (Å²) >= 11 is 0. The second-order valence-corrected chi connectivity index (χ2v) is 6.21. The van der Waals surface area contributed by atoms with E-state index in [0.717, 1.165) is 38.6 Å². The molecular formula is C19H30IN5. The number of aliphatic imine (C=N–C) groups is 1. The molecule has 0 atom stereocenters. The van der Waals surface area contributed by atoms with Gasteiger partial charge in [0.2, 0.25) is 0 Å². The van der Waals surface area contributed by atoms with Gasteiger partial charge in [-0.05, 0) is 38.3 Å². The third kappa shape index (κ3) is 7.46. The zero-order chi connectivity index (χ0) is 17.4. The van der Waals surface area contributed by atoms with Crippen LogP contribution in [-0.2, 0) is 13.1 Å². The molecule has 0 saturated heterocycles. The topological polar surface area (TPSA) is 45.5 Å². The van der Waals surface area contributed by atoms with Gasteiger partial charge in [-0.1, -0.05) is 29.8 Å². The number of guanidine groups is 1. The maximum atomic E-state index is 4.74. The first-order valence-electron chi connectivity index (χ1n) is 8.62. The lowest BCUT2D eigenvalue weighted by Crippen LogP contribution is -2.38. The summed E-state index contributed by atoms with van der Waals surface area (Å²) in [5.74, 6) is 0.953. The van der Waals surface area contributed by atoms with E-state index in [1.807, 2.05) is 10.9 Å². The largest absolute Gasteiger partial charge is 0.357 e. The molecule has 0 saturated carbocycles. The van der Waals surface area contributed by atoms with E-state index in [2.05, 4.69) is 73.6 Å². The predicted molar refractivity (Wildman–Crippen MR) is 116 cm³/mol. The first-order valence-corrected chi connectivity index (χ1v) is 8.62. The van der Waals surface area contributed by atoms with Gasteiger partial charge in [0.15, 0.2) is 5.96 Å². The fourth-order valence-corrected chi connectivity index (χ4v) is 2.52. The Morgan fingerprint density at radius 3 is 2.52 bits per heavy atom. The Morgan fingerprint density at radius 2 is 1.92 bits per heavy atom. The number of aromatic nitrogens is 2. The molecule has 1 aromatic heterocycles. The molecule has 0 unspecified atom stereocenters. The van der Waals surface area contributed by atoms with Crippen LogP contribution < -0.4 is 5.32 Å². The van der Waals surface area contributed by atoms with Crippen molar-refractivity contribution in [2.45, 2.75) is 40.3 Å². The second kappa shape index (κ2) is 11.1. The first-order chi connectivity index (χ1) is 11.6. The Labute approximate surface area is 168 Å². The van der Waals surface area contributed by atoms with Crippen molar-refractivity contribution >= 4 is 29.9 Å². The van der Waals surface area contributed by atoms with Crippen LogP contribution in [0, 0.1) is 13.8 Å². The van der Waals surface area contributed by atoms with Crippen molar-refractivity contribution in [3.63, 3.8) is 0 Å². The molecule has 5 nitrogen and oxygen atoms in total. The summed E-state index contributed by atoms with van der Waals surface area (Å²) in [6.07, 6.45) is 4.94. The highest BCUT2D eigenvalue weighted by molar-refractivity contribution is 14.0. The summed E-state index contributed by atoms with van der Waals surface area (Å²) in [4.78, 5) is 6.91. The van der Waals surface area contributed by atoms with Crippen molar-refractivity contribution in [2.75, 3.05) is 20.1 Å². The minimum absolute atomic E-state index is 0. The highest BCUT2D eigenvalue weighted by Gasteiger charge is 2.06. The molecule has 1 aromatic carbocycles. The highest BCUT2D eigenvalue weighted by atomic mass is 127. The van der Waals surface area contributed by atoms with Crippen LogP contribution in [0.3, 0.4) is 0 Å². The number of aryl methyl sites for hydroxylation is 3. The molecule has 2 rings (SSSR count). The average molecular weight is 455 g/mol. The Balaban J connectivity index is 0.00000312. The van der Waals surface area contributed by atoms with E-state index in [-0.39, 0.29) is 24.0 Å². The van der Waals surface area contributed by atoms with Crippen molar-refractivity contribution in [1.29, 1.82) is 0 Å². The van der Waals surface area contributed by atoms with Gasteiger partial charge in [-0.25, -0.2) is 0 Å². The summed E-state index contributed by atoms with van der Waals surface area (Å²) in [5, 5.41) is 7.68. The lowest BCUT2D eigenvalue weighted by Gasteiger charge is -2.22. The average Bonchev–Trinajstić information content (AvgIpc) is 2.98. The maximum Gasteiger partial charge on any atom is 0.193 e. The second-order valence-electron chi connectivity index (χ2n) is 6.21. The molecule has 138 valence electrons. The Morgan fingerprint density at radius 1 is 1.20 bits per heavy atom. The monoisotopic (exact) mass is 455 g/mol. The molecule has 0 radical (unpaired) electrons. The molecule has 0 spiro atoms. The van der Waals surface area contributed by atoms with Crippen molar-refractivity contribution in [1.82, 2.24) is 20.0 Å². The lowest BCUT2D eigenvalue weighted by molar-refractivity contribution is 0.475. The lowest BCUT2D eigenvalue weighted by atomic mass is 10.1. The minimum Gasteiger partial charge on any atom is -0.357 e. The van der Waals surface area contributed by atoms with Gasteiger partial charge in [0.1, 0.15) is 0 Å². The Bertz CT molecular complexity index is 648. The summed E-state index contributed by atoms with van der Waals surface area (Å²) < 4.78 is 1.98. The molecule has 0 amide bonds. The van der Waals surface area contributed by atoms with Crippen molar-refractivity contribution in [2.24, 2.45) is 4.99 Å². The summed E-state index contributed by atoms with van der Waals surface area (Å²) in [6.45, 7) is 9.69. The van der Waals surface area contributed by atoms with Crippen LogP contribution in [0.1, 0.15) is 30.0 Å². The number of nitrogens with one attached hydrogen (secondary N) is 1. The molecule has 0 aliphatic heterocycles. The molecule has 25 heavy (non-hydrogen) atoms. The normalized spacial score (nSPS) is 11.1. The Kier molecular flexibility index (Phi) is 9.55. The highest BCUT2D eigenvalue weighted by Crippen LogP contribution is 2.06. The molecule has 0 bridgehead atoms. The van der Waals surface area contributed by atoms with Crippen LogP contribution >= 0.6 is 24.0 Å². The quantitative estimate of drug-likeness (QED) is 0.300. The molecule has 1 heterocycles. The van der Waals surface area contributed by atoms with Gasteiger partial charge in [-0.3, -0.25) is 9.67 Å². The smallest absolute Gasteiger partial charge is 0.193 e. The number of rotatable bonds is 7. The maximum absolute atomic E-state index is 4.74. The number of nitrogens with zero attached hydrogens (tertiary/aromatic N) is 4. The number of hydrogen-bond donors (Lipinski definition) is 1. The van der Waals surface area contributed by atoms with Gasteiger partial charge in [-0.15, -0.1) is 24.0 Å². The van der Waals surface area contributed by atoms with Crippen LogP contribution in [0.2, 0.25) is 0 Å². The van der Waals surface area contributed by atoms with Crippen molar-refractivity contribution in [3.05, 3.63) is 53.3 Å². The molecule has 1 N–H and O–H groups in total. The third-order valence-electron chi connectivity index (χ3n) is 3.81. The summed E-state index contributed by atoms with van der Waals surface area (Å²) in [6, 6.07) is 8.66. The van der Waals surface area contributed by atoms with E-state index >= 15 is 0 Å². The number of halogens is 1. The Hall–Kier alpha value is -1.57. The number of hydrogen-bond acceptors (Lipinski definition) is 2. The SMILES string of the molecule is CCNC(=NCCCn1cc(C)cn1)N(C)Cc1ccc(C)cc1.I. The molecule has 0 aliphatic carbocycles. The van der Waals surface area contributed by atoms with Crippen molar-refractivity contribution in [3.8, 4) is 0 Å². The van der Waals surface area contributed by atoms with Gasteiger partial charge in [-0.2, -0.15) is 5.10 Å². The van der Waals surface area contributed by atoms with Gasteiger partial charge < -0.3 is 10.2 Å². The molecular weight excluding hydrogens is 425 g/mol. The fraction of sp³-hybridized carbons (Fsp3) is 0.474. The van der Waals surface area contributed by atoms with Crippen LogP contribution in [0.15, 0.2) is 41.7 Å². The third-order valence-corrected chi connectivity index (χ3v) is 3.81. The van der Waals surface area contributed by atoms with E-state index < -0.39 is 0 Å². The summed E-state index contributed by atoms with van der Waals surface area (Å²) in [5.41, 5.74) is 3.78. The van der Waals surface area contributed by atoms with E-state index in [1.165, 1.54) is 16.7 Å². The van der Waals surface area contributed by atoms with Crippen LogP contribution in [0.5, 0.6) is 0 Å². The zero-order valence-electron chi connectivity index (χ0n) is 15.7. The number of benzene rings is 1. The fourth-order valence-electron chi connectivity index (χ4n) is 2.52. The molecule has 2 aromatic rings. The molecule has 0 fully saturated rings. The first kappa shape index (κ1) is 21.5. The predicted octanol–water partition coefficient (Wildman–Crippen LogP) is 3.61. The van der Waals surface area contributed by atoms with Gasteiger partial charge in [0, 0.05) is 39.4 Å². The molecule has 0 aliphatic rings. The van der Waals surface area contributed by atoms with Crippen LogP contribution in [0.4, 0.5) is 0 Å². The van der Waals surface area contributed by atoms with E-state index in [4.69, 9.17) is 4.99 Å². The standard InChI is InChI=1S/C19H29N5.HI/c1-5-20-19(21-11-6-12-24-14-17(3)13-22-24)23(4)15-18-9-7-16(2)8-10-18;/h7-10,13-14H,5-6,11-12,15H2,1-4H3,(H,20,21);1H. The van der Waals surface area contributed by atoms with E-state index in [0.29, 0.717) is 0 Å². The van der Waals surface area contributed by atoms with Gasteiger partial charge in [0.25, 0.3) is 0 Å². The van der Waals surface area contributed by atoms with Crippen LogP contribution in [0.25, 0.3) is 0 Å². The van der Waals surface area contributed by atoms with Gasteiger partial charge in [0.05, 0.1) is 6.20 Å². The van der Waals surface area contributed by atoms with Crippen molar-refractivity contribution < 1.29 is 0 Å².